The first-order valence-corrected chi connectivity index (χ1v) is 5.66. The van der Waals surface area contributed by atoms with E-state index in [1.807, 2.05) is 6.92 Å². The highest BCUT2D eigenvalue weighted by Crippen LogP contribution is 2.07. The van der Waals surface area contributed by atoms with Gasteiger partial charge in [-0.3, -0.25) is 4.21 Å². The summed E-state index contributed by atoms with van der Waals surface area (Å²) in [4.78, 5) is 10.4. The van der Waals surface area contributed by atoms with E-state index in [2.05, 4.69) is 5.16 Å². The number of carboxylic acid groups (broad SMARTS) is 1. The summed E-state index contributed by atoms with van der Waals surface area (Å²) in [5.74, 6) is 0.0347. The number of hydrogen-bond donors (Lipinski definition) is 1. The molecule has 0 bridgehead atoms. The molecule has 0 radical (unpaired) electrons. The molecule has 0 fully saturated rings. The van der Waals surface area contributed by atoms with E-state index in [1.165, 1.54) is 6.07 Å². The molecule has 14 heavy (non-hydrogen) atoms. The fraction of sp³-hybridized carbons (Fsp3) is 0.500. The lowest BCUT2D eigenvalue weighted by Gasteiger charge is -1.94. The minimum Gasteiger partial charge on any atom is -0.476 e. The van der Waals surface area contributed by atoms with Crippen LogP contribution >= 0.6 is 0 Å². The van der Waals surface area contributed by atoms with E-state index in [1.54, 1.807) is 0 Å². The summed E-state index contributed by atoms with van der Waals surface area (Å²) in [6.07, 6.45) is 0.826. The molecule has 1 heterocycles. The Bertz CT molecular complexity index is 347. The van der Waals surface area contributed by atoms with Crippen LogP contribution in [-0.2, 0) is 16.6 Å². The Balaban J connectivity index is 2.59. The van der Waals surface area contributed by atoms with Crippen molar-refractivity contribution in [3.8, 4) is 0 Å². The van der Waals surface area contributed by atoms with Gasteiger partial charge in [0.15, 0.2) is 5.69 Å². The van der Waals surface area contributed by atoms with Crippen LogP contribution in [-0.4, -0.2) is 26.2 Å². The molecule has 0 saturated heterocycles. The maximum atomic E-state index is 11.3. The summed E-state index contributed by atoms with van der Waals surface area (Å²) in [6.45, 7) is 1.93. The van der Waals surface area contributed by atoms with Crippen molar-refractivity contribution >= 4 is 16.8 Å². The number of carbonyl (C=O) groups is 1. The van der Waals surface area contributed by atoms with E-state index in [-0.39, 0.29) is 11.4 Å². The first-order valence-electron chi connectivity index (χ1n) is 4.17. The quantitative estimate of drug-likeness (QED) is 0.796. The summed E-state index contributed by atoms with van der Waals surface area (Å²) < 4.78 is 16.0. The maximum Gasteiger partial charge on any atom is 0.358 e. The summed E-state index contributed by atoms with van der Waals surface area (Å²) in [5.41, 5.74) is -0.145. The average Bonchev–Trinajstić information content (AvgIpc) is 2.53. The molecule has 1 aromatic heterocycles. The second-order valence-electron chi connectivity index (χ2n) is 2.77. The van der Waals surface area contributed by atoms with Gasteiger partial charge < -0.3 is 9.63 Å². The van der Waals surface area contributed by atoms with Crippen molar-refractivity contribution in [3.63, 3.8) is 0 Å². The lowest BCUT2D eigenvalue weighted by molar-refractivity contribution is 0.0685. The van der Waals surface area contributed by atoms with Gasteiger partial charge in [0, 0.05) is 22.6 Å². The van der Waals surface area contributed by atoms with Crippen LogP contribution in [0.25, 0.3) is 0 Å². The summed E-state index contributed by atoms with van der Waals surface area (Å²) >= 11 is 0. The molecule has 0 spiro atoms. The largest absolute Gasteiger partial charge is 0.476 e. The molecule has 0 aliphatic heterocycles. The third kappa shape index (κ3) is 2.95. The Labute approximate surface area is 83.6 Å². The summed E-state index contributed by atoms with van der Waals surface area (Å²) in [7, 11) is -0.998. The molecular weight excluding hydrogens is 206 g/mol. The predicted molar refractivity (Wildman–Crippen MR) is 50.5 cm³/mol. The van der Waals surface area contributed by atoms with Crippen LogP contribution in [0.5, 0.6) is 0 Å². The number of hydrogen-bond acceptors (Lipinski definition) is 4. The molecule has 6 heteroatoms. The van der Waals surface area contributed by atoms with Gasteiger partial charge in [-0.25, -0.2) is 4.79 Å². The number of nitrogens with zero attached hydrogens (tertiary/aromatic N) is 1. The van der Waals surface area contributed by atoms with Crippen LogP contribution in [0, 0.1) is 0 Å². The molecule has 5 nitrogen and oxygen atoms in total. The van der Waals surface area contributed by atoms with Crippen LogP contribution in [0.2, 0.25) is 0 Å². The lowest BCUT2D eigenvalue weighted by atomic mass is 10.4. The predicted octanol–water partition coefficient (Wildman–Crippen LogP) is 1.03. The van der Waals surface area contributed by atoms with Gasteiger partial charge in [0.2, 0.25) is 0 Å². The molecule has 0 aliphatic rings. The molecule has 1 aromatic rings. The highest BCUT2D eigenvalue weighted by molar-refractivity contribution is 7.84. The van der Waals surface area contributed by atoms with Crippen molar-refractivity contribution in [1.82, 2.24) is 5.16 Å². The van der Waals surface area contributed by atoms with Gasteiger partial charge in [0.05, 0.1) is 5.75 Å². The number of rotatable bonds is 5. The van der Waals surface area contributed by atoms with Gasteiger partial charge in [-0.05, 0) is 6.42 Å². The van der Waals surface area contributed by atoms with Crippen molar-refractivity contribution in [2.45, 2.75) is 19.1 Å². The number of aromatic carboxylic acids is 1. The monoisotopic (exact) mass is 217 g/mol. The molecule has 1 N–H and O–H groups in total. The van der Waals surface area contributed by atoms with Crippen LogP contribution in [0.4, 0.5) is 0 Å². The van der Waals surface area contributed by atoms with Crippen molar-refractivity contribution in [2.75, 3.05) is 5.75 Å². The fourth-order valence-electron chi connectivity index (χ4n) is 0.940. The molecule has 0 aromatic carbocycles. The summed E-state index contributed by atoms with van der Waals surface area (Å²) in [5, 5.41) is 11.9. The van der Waals surface area contributed by atoms with Gasteiger partial charge in [0.25, 0.3) is 0 Å². The second-order valence-corrected chi connectivity index (χ2v) is 4.35. The van der Waals surface area contributed by atoms with E-state index in [9.17, 15) is 9.00 Å². The molecule has 0 amide bonds. The summed E-state index contributed by atoms with van der Waals surface area (Å²) in [6, 6.07) is 1.30. The second kappa shape index (κ2) is 4.90. The topological polar surface area (TPSA) is 80.4 Å². The zero-order valence-corrected chi connectivity index (χ0v) is 8.54. The van der Waals surface area contributed by atoms with E-state index >= 15 is 0 Å². The highest BCUT2D eigenvalue weighted by Gasteiger charge is 2.12. The Hall–Kier alpha value is -1.17. The Kier molecular flexibility index (Phi) is 3.82. The normalized spacial score (nSPS) is 12.6. The van der Waals surface area contributed by atoms with Gasteiger partial charge in [0.1, 0.15) is 5.76 Å². The standard InChI is InChI=1S/C8H11NO4S/c1-2-3-14(12)5-6-4-7(8(10)11)9-13-6/h4H,2-3,5H2,1H3,(H,10,11). The Morgan fingerprint density at radius 2 is 2.43 bits per heavy atom. The van der Waals surface area contributed by atoms with Crippen molar-refractivity contribution < 1.29 is 18.6 Å². The number of aromatic nitrogens is 1. The molecule has 0 aliphatic carbocycles. The molecular formula is C8H11NO4S. The van der Waals surface area contributed by atoms with Crippen LogP contribution in [0.1, 0.15) is 29.6 Å². The third-order valence-electron chi connectivity index (χ3n) is 1.51. The van der Waals surface area contributed by atoms with Crippen LogP contribution in [0.3, 0.4) is 0 Å². The van der Waals surface area contributed by atoms with Crippen LogP contribution in [0.15, 0.2) is 10.6 Å². The zero-order chi connectivity index (χ0) is 10.6. The SMILES string of the molecule is CCCS(=O)Cc1cc(C(=O)O)no1. The molecule has 0 saturated carbocycles. The van der Waals surface area contributed by atoms with Crippen LogP contribution < -0.4 is 0 Å². The lowest BCUT2D eigenvalue weighted by Crippen LogP contribution is -1.99. The van der Waals surface area contributed by atoms with E-state index in [0.29, 0.717) is 11.5 Å². The van der Waals surface area contributed by atoms with E-state index in [4.69, 9.17) is 9.63 Å². The Morgan fingerprint density at radius 1 is 1.71 bits per heavy atom. The average molecular weight is 217 g/mol. The number of carboxylic acids is 1. The third-order valence-corrected chi connectivity index (χ3v) is 2.98. The first-order chi connectivity index (χ1) is 6.63. The van der Waals surface area contributed by atoms with E-state index < -0.39 is 16.8 Å². The van der Waals surface area contributed by atoms with Crippen molar-refractivity contribution in [1.29, 1.82) is 0 Å². The minimum atomic E-state index is -1.14. The van der Waals surface area contributed by atoms with Crippen molar-refractivity contribution in [2.24, 2.45) is 0 Å². The van der Waals surface area contributed by atoms with Gasteiger partial charge in [-0.2, -0.15) is 0 Å². The van der Waals surface area contributed by atoms with Crippen molar-refractivity contribution in [3.05, 3.63) is 17.5 Å². The van der Waals surface area contributed by atoms with Gasteiger partial charge >= 0.3 is 5.97 Å². The molecule has 1 atom stereocenters. The van der Waals surface area contributed by atoms with Gasteiger partial charge in [-0.1, -0.05) is 12.1 Å². The molecule has 1 rings (SSSR count). The minimum absolute atomic E-state index is 0.145. The Morgan fingerprint density at radius 3 is 2.93 bits per heavy atom. The van der Waals surface area contributed by atoms with Gasteiger partial charge in [-0.15, -0.1) is 0 Å². The zero-order valence-electron chi connectivity index (χ0n) is 7.73. The fourth-order valence-corrected chi connectivity index (χ4v) is 1.99. The van der Waals surface area contributed by atoms with E-state index in [0.717, 1.165) is 6.42 Å². The highest BCUT2D eigenvalue weighted by atomic mass is 32.2. The molecule has 1 unspecified atom stereocenters. The smallest absolute Gasteiger partial charge is 0.358 e. The molecule has 78 valence electrons. The first kappa shape index (κ1) is 10.9. The maximum absolute atomic E-state index is 11.3.